The summed E-state index contributed by atoms with van der Waals surface area (Å²) >= 11 is 8.31. The van der Waals surface area contributed by atoms with Crippen LogP contribution in [0, 0.1) is 0 Å². The van der Waals surface area contributed by atoms with Gasteiger partial charge in [-0.25, -0.2) is 14.8 Å². The van der Waals surface area contributed by atoms with E-state index >= 15 is 0 Å². The lowest BCUT2D eigenvalue weighted by atomic mass is 10.5. The van der Waals surface area contributed by atoms with Crippen LogP contribution in [0.3, 0.4) is 0 Å². The summed E-state index contributed by atoms with van der Waals surface area (Å²) in [5, 5.41) is 2.31. The van der Waals surface area contributed by atoms with E-state index in [9.17, 15) is 4.79 Å². The molecule has 2 heterocycles. The normalized spacial score (nSPS) is 10.2. The van der Waals surface area contributed by atoms with E-state index in [1.165, 1.54) is 28.9 Å². The van der Waals surface area contributed by atoms with Crippen LogP contribution in [0.25, 0.3) is 0 Å². The summed E-state index contributed by atoms with van der Waals surface area (Å²) in [5.41, 5.74) is 1.90. The number of rotatable bonds is 3. The molecule has 2 aromatic heterocycles. The summed E-state index contributed by atoms with van der Waals surface area (Å²) in [4.78, 5) is 19.1. The minimum absolute atomic E-state index is 0.133. The van der Waals surface area contributed by atoms with Crippen LogP contribution >= 0.6 is 34.3 Å². The van der Waals surface area contributed by atoms with E-state index in [1.807, 2.05) is 0 Å². The molecule has 0 aliphatic carbocycles. The van der Waals surface area contributed by atoms with Gasteiger partial charge in [0.15, 0.2) is 5.69 Å². The highest BCUT2D eigenvalue weighted by Crippen LogP contribution is 2.19. The molecule has 0 aliphatic rings. The molecular weight excluding hydrogens is 256 g/mol. The van der Waals surface area contributed by atoms with E-state index in [1.54, 1.807) is 10.9 Å². The number of hydrogen-bond donors (Lipinski definition) is 0. The Morgan fingerprint density at radius 3 is 3.00 bits per heavy atom. The molecule has 0 saturated carbocycles. The summed E-state index contributed by atoms with van der Waals surface area (Å²) < 4.78 is 5.56. The van der Waals surface area contributed by atoms with Crippen molar-refractivity contribution in [1.82, 2.24) is 9.97 Å². The molecule has 0 radical (unpaired) electrons. The van der Waals surface area contributed by atoms with Crippen LogP contribution in [0.4, 0.5) is 0 Å². The fraction of sp³-hybridized carbons (Fsp3) is 0.125. The predicted octanol–water partition coefficient (Wildman–Crippen LogP) is 2.61. The van der Waals surface area contributed by atoms with Crippen LogP contribution in [-0.4, -0.2) is 15.9 Å². The van der Waals surface area contributed by atoms with Gasteiger partial charge in [0.1, 0.15) is 16.0 Å². The number of halogens is 1. The molecule has 0 aromatic carbocycles. The maximum Gasteiger partial charge on any atom is 0.358 e. The zero-order valence-corrected chi connectivity index (χ0v) is 9.73. The average Bonchev–Trinajstić information content (AvgIpc) is 2.84. The lowest BCUT2D eigenvalue weighted by Crippen LogP contribution is -2.05. The second-order valence-electron chi connectivity index (χ2n) is 2.51. The molecule has 2 rings (SSSR count). The van der Waals surface area contributed by atoms with Crippen LogP contribution in [-0.2, 0) is 11.3 Å². The molecule has 0 saturated heterocycles. The Hall–Kier alpha value is -0.980. The maximum atomic E-state index is 11.4. The van der Waals surface area contributed by atoms with Gasteiger partial charge in [0.05, 0.1) is 11.7 Å². The minimum atomic E-state index is -0.442. The SMILES string of the molecule is O=C(OCc1ncc(Cl)s1)c1cscn1. The average molecular weight is 261 g/mol. The van der Waals surface area contributed by atoms with Crippen molar-refractivity contribution in [2.24, 2.45) is 0 Å². The van der Waals surface area contributed by atoms with E-state index < -0.39 is 5.97 Å². The minimum Gasteiger partial charge on any atom is -0.454 e. The number of esters is 1. The monoisotopic (exact) mass is 260 g/mol. The summed E-state index contributed by atoms with van der Waals surface area (Å²) in [6.45, 7) is 0.133. The van der Waals surface area contributed by atoms with Crippen molar-refractivity contribution in [3.8, 4) is 0 Å². The predicted molar refractivity (Wildman–Crippen MR) is 58.4 cm³/mol. The molecule has 0 unspecified atom stereocenters. The largest absolute Gasteiger partial charge is 0.454 e. The summed E-state index contributed by atoms with van der Waals surface area (Å²) in [6.07, 6.45) is 1.53. The number of thiazole rings is 2. The third kappa shape index (κ3) is 2.74. The summed E-state index contributed by atoms with van der Waals surface area (Å²) in [7, 11) is 0. The van der Waals surface area contributed by atoms with Crippen LogP contribution in [0.1, 0.15) is 15.5 Å². The van der Waals surface area contributed by atoms with Gasteiger partial charge in [0.25, 0.3) is 0 Å². The van der Waals surface area contributed by atoms with Gasteiger partial charge in [0, 0.05) is 5.38 Å². The molecule has 0 bridgehead atoms. The van der Waals surface area contributed by atoms with E-state index in [0.29, 0.717) is 15.0 Å². The van der Waals surface area contributed by atoms with Crippen LogP contribution in [0.15, 0.2) is 17.1 Å². The van der Waals surface area contributed by atoms with E-state index in [-0.39, 0.29) is 6.61 Å². The number of carbonyl (C=O) groups excluding carboxylic acids is 1. The van der Waals surface area contributed by atoms with Gasteiger partial charge in [-0.3, -0.25) is 0 Å². The molecule has 0 spiro atoms. The summed E-state index contributed by atoms with van der Waals surface area (Å²) in [5.74, 6) is -0.442. The van der Waals surface area contributed by atoms with Crippen molar-refractivity contribution in [1.29, 1.82) is 0 Å². The summed E-state index contributed by atoms with van der Waals surface area (Å²) in [6, 6.07) is 0. The van der Waals surface area contributed by atoms with Crippen molar-refractivity contribution >= 4 is 40.2 Å². The Balaban J connectivity index is 1.91. The van der Waals surface area contributed by atoms with Gasteiger partial charge < -0.3 is 4.74 Å². The topological polar surface area (TPSA) is 52.1 Å². The van der Waals surface area contributed by atoms with Crippen molar-refractivity contribution in [2.75, 3.05) is 0 Å². The van der Waals surface area contributed by atoms with Crippen molar-refractivity contribution in [3.05, 3.63) is 32.1 Å². The fourth-order valence-corrected chi connectivity index (χ4v) is 2.26. The zero-order valence-electron chi connectivity index (χ0n) is 7.34. The van der Waals surface area contributed by atoms with Gasteiger partial charge in [-0.05, 0) is 0 Å². The van der Waals surface area contributed by atoms with E-state index in [2.05, 4.69) is 9.97 Å². The first-order chi connectivity index (χ1) is 7.25. The van der Waals surface area contributed by atoms with E-state index in [0.717, 1.165) is 0 Å². The lowest BCUT2D eigenvalue weighted by Gasteiger charge is -1.98. The highest BCUT2D eigenvalue weighted by molar-refractivity contribution is 7.15. The molecule has 2 aromatic rings. The Kier molecular flexibility index (Phi) is 3.30. The van der Waals surface area contributed by atoms with Gasteiger partial charge in [-0.1, -0.05) is 11.6 Å². The standard InChI is InChI=1S/C8H5ClN2O2S2/c9-6-1-10-7(15-6)2-13-8(12)5-3-14-4-11-5/h1,3-4H,2H2. The zero-order chi connectivity index (χ0) is 10.7. The first-order valence-corrected chi connectivity index (χ1v) is 6.05. The van der Waals surface area contributed by atoms with Crippen LogP contribution in [0.2, 0.25) is 4.34 Å². The second kappa shape index (κ2) is 4.69. The number of ether oxygens (including phenoxy) is 1. The molecule has 7 heteroatoms. The molecule has 0 amide bonds. The van der Waals surface area contributed by atoms with Gasteiger partial charge in [-0.15, -0.1) is 22.7 Å². The Bertz CT molecular complexity index is 455. The molecule has 0 N–H and O–H groups in total. The molecule has 4 nitrogen and oxygen atoms in total. The number of hydrogen-bond acceptors (Lipinski definition) is 6. The number of nitrogens with zero attached hydrogens (tertiary/aromatic N) is 2. The van der Waals surface area contributed by atoms with Gasteiger partial charge in [0.2, 0.25) is 0 Å². The van der Waals surface area contributed by atoms with Gasteiger partial charge >= 0.3 is 5.97 Å². The molecule has 78 valence electrons. The Morgan fingerprint density at radius 2 is 2.40 bits per heavy atom. The lowest BCUT2D eigenvalue weighted by molar-refractivity contribution is 0.0466. The quantitative estimate of drug-likeness (QED) is 0.796. The second-order valence-corrected chi connectivity index (χ2v) is 4.97. The first kappa shape index (κ1) is 10.5. The van der Waals surface area contributed by atoms with Gasteiger partial charge in [-0.2, -0.15) is 0 Å². The molecule has 0 atom stereocenters. The molecule has 15 heavy (non-hydrogen) atoms. The van der Waals surface area contributed by atoms with Crippen LogP contribution < -0.4 is 0 Å². The molecule has 0 fully saturated rings. The van der Waals surface area contributed by atoms with Crippen molar-refractivity contribution in [3.63, 3.8) is 0 Å². The maximum absolute atomic E-state index is 11.4. The van der Waals surface area contributed by atoms with E-state index in [4.69, 9.17) is 16.3 Å². The van der Waals surface area contributed by atoms with Crippen molar-refractivity contribution < 1.29 is 9.53 Å². The number of aromatic nitrogens is 2. The van der Waals surface area contributed by atoms with Crippen LogP contribution in [0.5, 0.6) is 0 Å². The highest BCUT2D eigenvalue weighted by atomic mass is 35.5. The Morgan fingerprint density at radius 1 is 1.53 bits per heavy atom. The third-order valence-corrected chi connectivity index (χ3v) is 3.17. The smallest absolute Gasteiger partial charge is 0.358 e. The molecule has 0 aliphatic heterocycles. The van der Waals surface area contributed by atoms with Crippen molar-refractivity contribution in [2.45, 2.75) is 6.61 Å². The first-order valence-electron chi connectivity index (χ1n) is 3.91. The highest BCUT2D eigenvalue weighted by Gasteiger charge is 2.10. The molecular formula is C8H5ClN2O2S2. The third-order valence-electron chi connectivity index (χ3n) is 1.49. The Labute approximate surface area is 98.5 Å². The number of carbonyl (C=O) groups is 1. The fourth-order valence-electron chi connectivity index (χ4n) is 0.869.